The van der Waals surface area contributed by atoms with Crippen molar-refractivity contribution in [1.29, 1.82) is 0 Å². The van der Waals surface area contributed by atoms with Crippen LogP contribution in [0.5, 0.6) is 11.5 Å². The fraction of sp³-hybridized carbons (Fsp3) is 0.500. The summed E-state index contributed by atoms with van der Waals surface area (Å²) in [6, 6.07) is 12.3. The number of likely N-dealkylation sites (tertiary alicyclic amines) is 1. The van der Waals surface area contributed by atoms with E-state index in [0.717, 1.165) is 42.4 Å². The Bertz CT molecular complexity index is 1480. The van der Waals surface area contributed by atoms with Gasteiger partial charge in [-0.3, -0.25) is 0 Å². The van der Waals surface area contributed by atoms with E-state index in [1.165, 1.54) is 35.2 Å². The van der Waals surface area contributed by atoms with Crippen molar-refractivity contribution < 1.29 is 19.0 Å². The molecule has 8 nitrogen and oxygen atoms in total. The molecule has 0 atom stereocenters. The molecule has 3 aromatic heterocycles. The lowest BCUT2D eigenvalue weighted by atomic mass is 9.83. The van der Waals surface area contributed by atoms with Crippen LogP contribution in [0.2, 0.25) is 0 Å². The molecular weight excluding hydrogens is 536 g/mol. The van der Waals surface area contributed by atoms with Gasteiger partial charge in [-0.2, -0.15) is 0 Å². The molecule has 1 saturated carbocycles. The molecule has 0 radical (unpaired) electrons. The molecule has 1 saturated heterocycles. The van der Waals surface area contributed by atoms with Gasteiger partial charge in [0.05, 0.1) is 28.1 Å². The average Bonchev–Trinajstić information content (AvgIpc) is 3.60. The van der Waals surface area contributed by atoms with Crippen LogP contribution in [0.4, 0.5) is 4.79 Å². The number of rotatable bonds is 8. The summed E-state index contributed by atoms with van der Waals surface area (Å²) >= 11 is 1.77. The highest BCUT2D eigenvalue weighted by atomic mass is 32.1. The number of piperidine rings is 1. The second-order valence-electron chi connectivity index (χ2n) is 12.2. The molecule has 1 amide bonds. The van der Waals surface area contributed by atoms with Crippen LogP contribution in [0.15, 0.2) is 48.0 Å². The van der Waals surface area contributed by atoms with Crippen molar-refractivity contribution in [2.75, 3.05) is 19.7 Å². The summed E-state index contributed by atoms with van der Waals surface area (Å²) in [5, 5.41) is 2.14. The first-order valence-electron chi connectivity index (χ1n) is 14.7. The Morgan fingerprint density at radius 2 is 1.78 bits per heavy atom. The molecule has 0 N–H and O–H groups in total. The smallest absolute Gasteiger partial charge is 0.410 e. The van der Waals surface area contributed by atoms with E-state index in [1.807, 2.05) is 45.0 Å². The van der Waals surface area contributed by atoms with Gasteiger partial charge in [-0.25, -0.2) is 9.78 Å². The van der Waals surface area contributed by atoms with E-state index in [1.54, 1.807) is 16.2 Å². The molecule has 4 heterocycles. The molecule has 2 aliphatic rings. The molecule has 1 aliphatic carbocycles. The van der Waals surface area contributed by atoms with Gasteiger partial charge in [0.1, 0.15) is 29.8 Å². The topological polar surface area (TPSA) is 70.8 Å². The molecule has 4 aromatic rings. The van der Waals surface area contributed by atoms with E-state index in [9.17, 15) is 4.79 Å². The average molecular weight is 577 g/mol. The summed E-state index contributed by atoms with van der Waals surface area (Å²) in [7, 11) is 2.12. The maximum Gasteiger partial charge on any atom is 0.410 e. The standard InChI is InChI=1S/C32H40N4O4S/c1-32(2,3)40-31(37)35-15-12-25(13-16-35)39-24-10-8-23(9-11-24)38-18-17-36-21-26(22-6-5-7-22)33-30(36)28-20-29-27(34(28)4)14-19-41-29/h8-11,14,19-22,25H,5-7,12-13,15-18H2,1-4H3. The first-order chi connectivity index (χ1) is 19.7. The van der Waals surface area contributed by atoms with Crippen LogP contribution in [0.25, 0.3) is 21.7 Å². The zero-order valence-electron chi connectivity index (χ0n) is 24.5. The summed E-state index contributed by atoms with van der Waals surface area (Å²) in [6.45, 7) is 8.23. The molecule has 0 bridgehead atoms. The van der Waals surface area contributed by atoms with Crippen LogP contribution in [-0.2, 0) is 18.3 Å². The Morgan fingerprint density at radius 1 is 1.05 bits per heavy atom. The molecule has 218 valence electrons. The zero-order chi connectivity index (χ0) is 28.6. The van der Waals surface area contributed by atoms with Crippen LogP contribution < -0.4 is 9.47 Å². The van der Waals surface area contributed by atoms with Crippen molar-refractivity contribution in [3.05, 3.63) is 53.7 Å². The number of thiophene rings is 1. The second-order valence-corrected chi connectivity index (χ2v) is 13.1. The number of hydrogen-bond donors (Lipinski definition) is 0. The van der Waals surface area contributed by atoms with Gasteiger partial charge in [0.2, 0.25) is 0 Å². The van der Waals surface area contributed by atoms with E-state index in [-0.39, 0.29) is 12.2 Å². The number of nitrogens with zero attached hydrogens (tertiary/aromatic N) is 4. The number of imidazole rings is 1. The first-order valence-corrected chi connectivity index (χ1v) is 15.6. The first kappa shape index (κ1) is 27.7. The van der Waals surface area contributed by atoms with Crippen LogP contribution in [-0.4, -0.2) is 56.5 Å². The number of carbonyl (C=O) groups excluding carboxylic acids is 1. The van der Waals surface area contributed by atoms with Crippen molar-refractivity contribution in [3.8, 4) is 23.0 Å². The van der Waals surface area contributed by atoms with Crippen LogP contribution in [0.3, 0.4) is 0 Å². The van der Waals surface area contributed by atoms with Crippen molar-refractivity contribution in [2.45, 2.75) is 77.0 Å². The van der Waals surface area contributed by atoms with Crippen molar-refractivity contribution in [1.82, 2.24) is 19.0 Å². The normalized spacial score (nSPS) is 16.6. The largest absolute Gasteiger partial charge is 0.492 e. The van der Waals surface area contributed by atoms with Gasteiger partial charge in [-0.05, 0) is 75.4 Å². The monoisotopic (exact) mass is 576 g/mol. The highest BCUT2D eigenvalue weighted by Crippen LogP contribution is 2.38. The number of fused-ring (bicyclic) bond motifs is 1. The molecule has 1 aliphatic heterocycles. The molecule has 0 unspecified atom stereocenters. The molecular formula is C32H40N4O4S. The summed E-state index contributed by atoms with van der Waals surface area (Å²) in [5.74, 6) is 3.23. The fourth-order valence-electron chi connectivity index (χ4n) is 5.53. The minimum Gasteiger partial charge on any atom is -0.492 e. The van der Waals surface area contributed by atoms with Crippen LogP contribution >= 0.6 is 11.3 Å². The maximum absolute atomic E-state index is 12.3. The summed E-state index contributed by atoms with van der Waals surface area (Å²) in [4.78, 5) is 19.2. The predicted molar refractivity (Wildman–Crippen MR) is 162 cm³/mol. The SMILES string of the molecule is Cn1c(-c2nc(C3CCC3)cn2CCOc2ccc(OC3CCN(C(=O)OC(C)(C)C)CC3)cc2)cc2sccc21. The minimum atomic E-state index is -0.479. The summed E-state index contributed by atoms with van der Waals surface area (Å²) < 4.78 is 23.6. The van der Waals surface area contributed by atoms with Crippen molar-refractivity contribution in [3.63, 3.8) is 0 Å². The Kier molecular flexibility index (Phi) is 7.72. The molecule has 9 heteroatoms. The Hall–Kier alpha value is -3.46. The number of benzene rings is 1. The van der Waals surface area contributed by atoms with Gasteiger partial charge in [0.15, 0.2) is 5.82 Å². The Morgan fingerprint density at radius 3 is 2.44 bits per heavy atom. The highest BCUT2D eigenvalue weighted by Gasteiger charge is 2.28. The third-order valence-corrected chi connectivity index (χ3v) is 8.89. The van der Waals surface area contributed by atoms with E-state index in [0.29, 0.717) is 25.6 Å². The van der Waals surface area contributed by atoms with E-state index >= 15 is 0 Å². The molecule has 2 fully saturated rings. The fourth-order valence-corrected chi connectivity index (χ4v) is 6.38. The lowest BCUT2D eigenvalue weighted by Gasteiger charge is -2.33. The van der Waals surface area contributed by atoms with Gasteiger partial charge in [-0.15, -0.1) is 11.3 Å². The second kappa shape index (κ2) is 11.4. The minimum absolute atomic E-state index is 0.0813. The van der Waals surface area contributed by atoms with Crippen LogP contribution in [0.1, 0.15) is 64.5 Å². The zero-order valence-corrected chi connectivity index (χ0v) is 25.3. The van der Waals surface area contributed by atoms with Gasteiger partial charge in [-0.1, -0.05) is 6.42 Å². The van der Waals surface area contributed by atoms with Gasteiger partial charge in [0, 0.05) is 45.1 Å². The van der Waals surface area contributed by atoms with Gasteiger partial charge >= 0.3 is 6.09 Å². The number of carbonyl (C=O) groups is 1. The number of aryl methyl sites for hydroxylation is 1. The number of ether oxygens (including phenoxy) is 3. The van der Waals surface area contributed by atoms with Gasteiger partial charge < -0.3 is 28.2 Å². The number of aromatic nitrogens is 3. The lowest BCUT2D eigenvalue weighted by molar-refractivity contribution is 0.0126. The predicted octanol–water partition coefficient (Wildman–Crippen LogP) is 7.23. The Balaban J connectivity index is 1.03. The third-order valence-electron chi connectivity index (χ3n) is 8.03. The Labute approximate surface area is 245 Å². The van der Waals surface area contributed by atoms with Crippen molar-refractivity contribution in [2.24, 2.45) is 7.05 Å². The van der Waals surface area contributed by atoms with E-state index in [4.69, 9.17) is 19.2 Å². The van der Waals surface area contributed by atoms with Gasteiger partial charge in [0.25, 0.3) is 0 Å². The van der Waals surface area contributed by atoms with E-state index in [2.05, 4.69) is 39.9 Å². The molecule has 0 spiro atoms. The maximum atomic E-state index is 12.3. The molecule has 41 heavy (non-hydrogen) atoms. The quantitative estimate of drug-likeness (QED) is 0.221. The third kappa shape index (κ3) is 6.25. The van der Waals surface area contributed by atoms with E-state index < -0.39 is 5.60 Å². The van der Waals surface area contributed by atoms with Crippen LogP contribution in [0, 0.1) is 0 Å². The summed E-state index contributed by atoms with van der Waals surface area (Å²) in [6.07, 6.45) is 7.38. The molecule has 1 aromatic carbocycles. The lowest BCUT2D eigenvalue weighted by Crippen LogP contribution is -2.44. The van der Waals surface area contributed by atoms with Crippen molar-refractivity contribution >= 4 is 27.6 Å². The summed E-state index contributed by atoms with van der Waals surface area (Å²) in [5.41, 5.74) is 3.12. The highest BCUT2D eigenvalue weighted by molar-refractivity contribution is 7.17. The number of hydrogen-bond acceptors (Lipinski definition) is 6. The number of amides is 1. The molecule has 6 rings (SSSR count).